The molecule has 168 valence electrons. The van der Waals surface area contributed by atoms with Gasteiger partial charge in [0.25, 0.3) is 0 Å². The van der Waals surface area contributed by atoms with Gasteiger partial charge in [-0.25, -0.2) is 4.39 Å². The summed E-state index contributed by atoms with van der Waals surface area (Å²) in [5.41, 5.74) is 3.35. The molecule has 1 fully saturated rings. The average Bonchev–Trinajstić information content (AvgIpc) is 2.80. The van der Waals surface area contributed by atoms with Crippen molar-refractivity contribution in [3.63, 3.8) is 0 Å². The van der Waals surface area contributed by atoms with Gasteiger partial charge in [0.2, 0.25) is 5.82 Å². The lowest BCUT2D eigenvalue weighted by Crippen LogP contribution is -2.11. The van der Waals surface area contributed by atoms with E-state index in [4.69, 9.17) is 4.74 Å². The van der Waals surface area contributed by atoms with Crippen LogP contribution in [0.3, 0.4) is 0 Å². The first-order chi connectivity index (χ1) is 15.1. The first-order valence-corrected chi connectivity index (χ1v) is 12.0. The number of hydrogen-bond acceptors (Lipinski definition) is 1. The minimum Gasteiger partial charge on any atom is -0.491 e. The summed E-state index contributed by atoms with van der Waals surface area (Å²) in [6, 6.07) is 12.4. The fraction of sp³-hybridized carbons (Fsp3) is 0.500. The second kappa shape index (κ2) is 12.0. The third kappa shape index (κ3) is 6.66. The Labute approximate surface area is 186 Å². The minimum absolute atomic E-state index is 0.00773. The molecule has 0 radical (unpaired) electrons. The Morgan fingerprint density at radius 1 is 0.903 bits per heavy atom. The van der Waals surface area contributed by atoms with Gasteiger partial charge in [0.05, 0.1) is 6.61 Å². The molecule has 1 aliphatic carbocycles. The first-order valence-electron chi connectivity index (χ1n) is 12.0. The number of benzene rings is 2. The summed E-state index contributed by atoms with van der Waals surface area (Å²) < 4.78 is 33.3. The van der Waals surface area contributed by atoms with E-state index in [0.29, 0.717) is 30.4 Å². The van der Waals surface area contributed by atoms with Crippen LogP contribution < -0.4 is 4.74 Å². The van der Waals surface area contributed by atoms with E-state index in [1.54, 1.807) is 13.0 Å². The maximum absolute atomic E-state index is 14.2. The topological polar surface area (TPSA) is 9.23 Å². The molecule has 0 aromatic heterocycles. The third-order valence-electron chi connectivity index (χ3n) is 6.46. The van der Waals surface area contributed by atoms with E-state index in [1.165, 1.54) is 62.1 Å². The van der Waals surface area contributed by atoms with Gasteiger partial charge in [0.1, 0.15) is 0 Å². The summed E-state index contributed by atoms with van der Waals surface area (Å²) in [5, 5.41) is 0. The molecule has 1 aliphatic rings. The Morgan fingerprint density at radius 3 is 2.32 bits per heavy atom. The summed E-state index contributed by atoms with van der Waals surface area (Å²) in [7, 11) is 0. The molecule has 1 saturated carbocycles. The SMILES string of the molecule is CCCCc1ccc(C2CCC(/C=C/CCc3ccc(OCC)c(F)c3F)CC2)cc1. The number of rotatable bonds is 10. The summed E-state index contributed by atoms with van der Waals surface area (Å²) in [6.07, 6.45) is 14.2. The van der Waals surface area contributed by atoms with Crippen LogP contribution in [0.5, 0.6) is 5.75 Å². The molecule has 0 amide bonds. The molecule has 0 heterocycles. The van der Waals surface area contributed by atoms with Crippen LogP contribution in [0.1, 0.15) is 81.4 Å². The van der Waals surface area contributed by atoms with E-state index in [1.807, 2.05) is 0 Å². The first kappa shape index (κ1) is 23.5. The van der Waals surface area contributed by atoms with Crippen LogP contribution in [-0.4, -0.2) is 6.61 Å². The van der Waals surface area contributed by atoms with Crippen molar-refractivity contribution >= 4 is 0 Å². The van der Waals surface area contributed by atoms with Gasteiger partial charge < -0.3 is 4.74 Å². The van der Waals surface area contributed by atoms with Crippen LogP contribution in [0.25, 0.3) is 0 Å². The summed E-state index contributed by atoms with van der Waals surface area (Å²) >= 11 is 0. The van der Waals surface area contributed by atoms with Crippen LogP contribution in [0, 0.1) is 17.6 Å². The Kier molecular flexibility index (Phi) is 9.12. The molecule has 0 aliphatic heterocycles. The maximum atomic E-state index is 14.2. The maximum Gasteiger partial charge on any atom is 0.200 e. The van der Waals surface area contributed by atoms with Gasteiger partial charge in [-0.2, -0.15) is 4.39 Å². The van der Waals surface area contributed by atoms with E-state index in [9.17, 15) is 8.78 Å². The Hall–Kier alpha value is -2.16. The smallest absolute Gasteiger partial charge is 0.200 e. The van der Waals surface area contributed by atoms with Crippen molar-refractivity contribution in [2.24, 2.45) is 5.92 Å². The number of halogens is 2. The lowest BCUT2D eigenvalue weighted by Gasteiger charge is -2.27. The molecule has 31 heavy (non-hydrogen) atoms. The highest BCUT2D eigenvalue weighted by Gasteiger charge is 2.20. The van der Waals surface area contributed by atoms with E-state index >= 15 is 0 Å². The number of aryl methyl sites for hydroxylation is 2. The van der Waals surface area contributed by atoms with Crippen molar-refractivity contribution in [2.75, 3.05) is 6.61 Å². The number of allylic oxidation sites excluding steroid dienone is 2. The van der Waals surface area contributed by atoms with Crippen molar-refractivity contribution in [3.8, 4) is 5.75 Å². The highest BCUT2D eigenvalue weighted by Crippen LogP contribution is 2.36. The van der Waals surface area contributed by atoms with Gasteiger partial charge in [-0.3, -0.25) is 0 Å². The molecule has 3 heteroatoms. The molecular weight excluding hydrogens is 390 g/mol. The van der Waals surface area contributed by atoms with Crippen molar-refractivity contribution in [1.82, 2.24) is 0 Å². The second-order valence-corrected chi connectivity index (χ2v) is 8.71. The molecule has 1 nitrogen and oxygen atoms in total. The third-order valence-corrected chi connectivity index (χ3v) is 6.46. The van der Waals surface area contributed by atoms with Crippen molar-refractivity contribution < 1.29 is 13.5 Å². The van der Waals surface area contributed by atoms with E-state index < -0.39 is 11.6 Å². The van der Waals surface area contributed by atoms with E-state index in [-0.39, 0.29) is 5.75 Å². The van der Waals surface area contributed by atoms with Gasteiger partial charge in [-0.05, 0) is 92.9 Å². The summed E-state index contributed by atoms with van der Waals surface area (Å²) in [6.45, 7) is 4.32. The van der Waals surface area contributed by atoms with Crippen LogP contribution in [-0.2, 0) is 12.8 Å². The second-order valence-electron chi connectivity index (χ2n) is 8.71. The average molecular weight is 427 g/mol. The number of hydrogen-bond donors (Lipinski definition) is 0. The molecule has 2 aromatic carbocycles. The molecule has 0 unspecified atom stereocenters. The zero-order chi connectivity index (χ0) is 22.1. The van der Waals surface area contributed by atoms with Crippen LogP contribution in [0.4, 0.5) is 8.78 Å². The quantitative estimate of drug-likeness (QED) is 0.348. The van der Waals surface area contributed by atoms with Gasteiger partial charge in [0, 0.05) is 0 Å². The molecule has 0 saturated heterocycles. The van der Waals surface area contributed by atoms with Gasteiger partial charge in [0.15, 0.2) is 11.6 Å². The number of unbranched alkanes of at least 4 members (excludes halogenated alkanes) is 1. The molecule has 2 aromatic rings. The largest absolute Gasteiger partial charge is 0.491 e. The molecular formula is C28H36F2O. The van der Waals surface area contributed by atoms with E-state index in [0.717, 1.165) is 6.42 Å². The van der Waals surface area contributed by atoms with Gasteiger partial charge in [-0.15, -0.1) is 0 Å². The van der Waals surface area contributed by atoms with Crippen LogP contribution in [0.2, 0.25) is 0 Å². The van der Waals surface area contributed by atoms with Crippen LogP contribution >= 0.6 is 0 Å². The Bertz CT molecular complexity index is 833. The molecule has 0 atom stereocenters. The zero-order valence-electron chi connectivity index (χ0n) is 19.0. The van der Waals surface area contributed by atoms with Gasteiger partial charge in [-0.1, -0.05) is 55.8 Å². The lowest BCUT2D eigenvalue weighted by molar-refractivity contribution is 0.313. The van der Waals surface area contributed by atoms with E-state index in [2.05, 4.69) is 43.3 Å². The molecule has 0 spiro atoms. The highest BCUT2D eigenvalue weighted by atomic mass is 19.2. The molecule has 0 N–H and O–H groups in total. The Morgan fingerprint density at radius 2 is 1.65 bits per heavy atom. The lowest BCUT2D eigenvalue weighted by atomic mass is 9.78. The zero-order valence-corrected chi connectivity index (χ0v) is 19.0. The molecule has 0 bridgehead atoms. The van der Waals surface area contributed by atoms with Crippen molar-refractivity contribution in [1.29, 1.82) is 0 Å². The predicted octanol–water partition coefficient (Wildman–Crippen LogP) is 8.17. The highest BCUT2D eigenvalue weighted by molar-refractivity contribution is 5.31. The Balaban J connectivity index is 1.43. The minimum atomic E-state index is -0.875. The van der Waals surface area contributed by atoms with Crippen LogP contribution in [0.15, 0.2) is 48.6 Å². The molecule has 3 rings (SSSR count). The number of ether oxygens (including phenoxy) is 1. The predicted molar refractivity (Wildman–Crippen MR) is 125 cm³/mol. The fourth-order valence-electron chi connectivity index (χ4n) is 4.54. The monoisotopic (exact) mass is 426 g/mol. The summed E-state index contributed by atoms with van der Waals surface area (Å²) in [5.74, 6) is -0.389. The van der Waals surface area contributed by atoms with Crippen molar-refractivity contribution in [2.45, 2.75) is 77.6 Å². The van der Waals surface area contributed by atoms with Crippen molar-refractivity contribution in [3.05, 3.63) is 76.9 Å². The van der Waals surface area contributed by atoms with Gasteiger partial charge >= 0.3 is 0 Å². The standard InChI is InChI=1S/C28H36F2O/c1-3-5-8-21-11-15-23(16-12-21)24-17-13-22(14-18-24)9-6-7-10-25-19-20-26(31-4-2)28(30)27(25)29/h6,9,11-12,15-16,19-20,22,24H,3-5,7-8,10,13-14,17-18H2,1-2H3/b9-6+. The fourth-order valence-corrected chi connectivity index (χ4v) is 4.54. The summed E-state index contributed by atoms with van der Waals surface area (Å²) in [4.78, 5) is 0. The normalized spacial score (nSPS) is 19.1.